The van der Waals surface area contributed by atoms with E-state index in [-0.39, 0.29) is 15.4 Å². The van der Waals surface area contributed by atoms with Crippen LogP contribution in [0.25, 0.3) is 0 Å². The van der Waals surface area contributed by atoms with Gasteiger partial charge in [0.05, 0.1) is 11.6 Å². The first kappa shape index (κ1) is 14.0. The van der Waals surface area contributed by atoms with Crippen LogP contribution in [-0.4, -0.2) is 15.0 Å². The summed E-state index contributed by atoms with van der Waals surface area (Å²) in [4.78, 5) is 0.116. The van der Waals surface area contributed by atoms with Crippen LogP contribution in [0.2, 0.25) is 0 Å². The standard InChI is InChI=1S/C13H11BrClNO3S/c14-13-12(7-10(8-15)19-13)20(17,18)16-6-5-9-3-1-2-4-11(9)16/h1-4,7H,5-6,8H2. The Morgan fingerprint density at radius 3 is 2.80 bits per heavy atom. The lowest BCUT2D eigenvalue weighted by Gasteiger charge is -2.18. The molecule has 0 radical (unpaired) electrons. The van der Waals surface area contributed by atoms with E-state index in [1.54, 1.807) is 0 Å². The van der Waals surface area contributed by atoms with Gasteiger partial charge in [-0.2, -0.15) is 0 Å². The number of alkyl halides is 1. The molecule has 0 bridgehead atoms. The van der Waals surface area contributed by atoms with E-state index < -0.39 is 10.0 Å². The van der Waals surface area contributed by atoms with E-state index in [4.69, 9.17) is 16.0 Å². The van der Waals surface area contributed by atoms with Crippen LogP contribution in [-0.2, 0) is 22.3 Å². The Morgan fingerprint density at radius 1 is 1.35 bits per heavy atom. The zero-order chi connectivity index (χ0) is 14.3. The predicted molar refractivity (Wildman–Crippen MR) is 80.6 cm³/mol. The van der Waals surface area contributed by atoms with Gasteiger partial charge in [-0.1, -0.05) is 18.2 Å². The molecule has 0 unspecified atom stereocenters. The minimum absolute atomic E-state index is 0.116. The van der Waals surface area contributed by atoms with Crippen molar-refractivity contribution >= 4 is 43.2 Å². The second-order valence-corrected chi connectivity index (χ2v) is 7.26. The van der Waals surface area contributed by atoms with Crippen LogP contribution in [0, 0.1) is 0 Å². The summed E-state index contributed by atoms with van der Waals surface area (Å²) in [6.45, 7) is 0.440. The van der Waals surface area contributed by atoms with E-state index in [1.807, 2.05) is 24.3 Å². The molecule has 0 atom stereocenters. The number of halogens is 2. The summed E-state index contributed by atoms with van der Waals surface area (Å²) in [5.41, 5.74) is 1.77. The Morgan fingerprint density at radius 2 is 2.10 bits per heavy atom. The highest BCUT2D eigenvalue weighted by Crippen LogP contribution is 2.36. The summed E-state index contributed by atoms with van der Waals surface area (Å²) in [6.07, 6.45) is 0.716. The number of hydrogen-bond donors (Lipinski definition) is 0. The van der Waals surface area contributed by atoms with Crippen LogP contribution in [0.15, 0.2) is 44.3 Å². The van der Waals surface area contributed by atoms with Crippen molar-refractivity contribution in [1.82, 2.24) is 0 Å². The molecular formula is C13H11BrClNO3S. The lowest BCUT2D eigenvalue weighted by Crippen LogP contribution is -2.29. The summed E-state index contributed by atoms with van der Waals surface area (Å²) >= 11 is 8.83. The highest BCUT2D eigenvalue weighted by atomic mass is 79.9. The van der Waals surface area contributed by atoms with Crippen LogP contribution in [0.5, 0.6) is 0 Å². The van der Waals surface area contributed by atoms with E-state index in [9.17, 15) is 8.42 Å². The average molecular weight is 377 g/mol. The van der Waals surface area contributed by atoms with Crippen molar-refractivity contribution < 1.29 is 12.8 Å². The zero-order valence-corrected chi connectivity index (χ0v) is 13.5. The molecule has 1 aliphatic heterocycles. The number of hydrogen-bond acceptors (Lipinski definition) is 3. The Balaban J connectivity index is 2.07. The van der Waals surface area contributed by atoms with E-state index in [0.29, 0.717) is 18.7 Å². The third-order valence-corrected chi connectivity index (χ3v) is 6.18. The van der Waals surface area contributed by atoms with Crippen molar-refractivity contribution in [2.45, 2.75) is 17.2 Å². The van der Waals surface area contributed by atoms with E-state index >= 15 is 0 Å². The normalized spacial score (nSPS) is 14.6. The van der Waals surface area contributed by atoms with Crippen LogP contribution in [0.4, 0.5) is 5.69 Å². The van der Waals surface area contributed by atoms with Gasteiger partial charge in [-0.15, -0.1) is 11.6 Å². The van der Waals surface area contributed by atoms with Gasteiger partial charge in [0.15, 0.2) is 4.67 Å². The number of sulfonamides is 1. The van der Waals surface area contributed by atoms with E-state index in [2.05, 4.69) is 15.9 Å². The Bertz CT molecular complexity index is 757. The summed E-state index contributed by atoms with van der Waals surface area (Å²) in [6, 6.07) is 8.97. The molecule has 0 aliphatic carbocycles. The summed E-state index contributed by atoms with van der Waals surface area (Å²) in [5.74, 6) is 0.551. The predicted octanol–water partition coefficient (Wildman–Crippen LogP) is 3.53. The van der Waals surface area contributed by atoms with Crippen LogP contribution >= 0.6 is 27.5 Å². The SMILES string of the molecule is O=S(=O)(c1cc(CCl)oc1Br)N1CCc2ccccc21. The Labute approximate surface area is 130 Å². The Hall–Kier alpha value is -0.980. The fourth-order valence-electron chi connectivity index (χ4n) is 2.32. The van der Waals surface area contributed by atoms with Crippen molar-refractivity contribution in [3.05, 3.63) is 46.3 Å². The lowest BCUT2D eigenvalue weighted by atomic mass is 10.2. The highest BCUT2D eigenvalue weighted by molar-refractivity contribution is 9.10. The van der Waals surface area contributed by atoms with Crippen molar-refractivity contribution in [2.24, 2.45) is 0 Å². The quantitative estimate of drug-likeness (QED) is 0.770. The van der Waals surface area contributed by atoms with E-state index in [1.165, 1.54) is 10.4 Å². The molecule has 0 spiro atoms. The van der Waals surface area contributed by atoms with Gasteiger partial charge in [-0.3, -0.25) is 4.31 Å². The number of benzene rings is 1. The number of nitrogens with zero attached hydrogens (tertiary/aromatic N) is 1. The first-order valence-corrected chi connectivity index (χ1v) is 8.75. The van der Waals surface area contributed by atoms with Crippen LogP contribution in [0.1, 0.15) is 11.3 Å². The summed E-state index contributed by atoms with van der Waals surface area (Å²) in [5, 5.41) is 0. The van der Waals surface area contributed by atoms with Gasteiger partial charge in [0.1, 0.15) is 10.7 Å². The molecule has 7 heteroatoms. The lowest BCUT2D eigenvalue weighted by molar-refractivity contribution is 0.498. The minimum atomic E-state index is -3.64. The highest BCUT2D eigenvalue weighted by Gasteiger charge is 2.33. The molecule has 0 amide bonds. The van der Waals surface area contributed by atoms with Crippen LogP contribution in [0.3, 0.4) is 0 Å². The molecule has 3 rings (SSSR count). The van der Waals surface area contributed by atoms with Gasteiger partial charge in [-0.25, -0.2) is 8.42 Å². The first-order valence-electron chi connectivity index (χ1n) is 5.99. The monoisotopic (exact) mass is 375 g/mol. The van der Waals surface area contributed by atoms with Crippen LogP contribution < -0.4 is 4.31 Å². The Kier molecular flexibility index (Phi) is 3.56. The van der Waals surface area contributed by atoms with Crippen molar-refractivity contribution in [3.63, 3.8) is 0 Å². The average Bonchev–Trinajstić information content (AvgIpc) is 3.02. The second-order valence-electron chi connectivity index (χ2n) is 4.44. The van der Waals surface area contributed by atoms with Gasteiger partial charge in [0.25, 0.3) is 10.0 Å². The van der Waals surface area contributed by atoms with Crippen molar-refractivity contribution in [3.8, 4) is 0 Å². The van der Waals surface area contributed by atoms with Gasteiger partial charge in [0, 0.05) is 12.6 Å². The second kappa shape index (κ2) is 5.09. The van der Waals surface area contributed by atoms with Crippen molar-refractivity contribution in [2.75, 3.05) is 10.8 Å². The molecule has 0 fully saturated rings. The molecule has 2 aromatic rings. The molecule has 0 saturated heterocycles. The maximum absolute atomic E-state index is 12.7. The third kappa shape index (κ3) is 2.16. The number of anilines is 1. The number of furan rings is 1. The molecule has 1 aromatic heterocycles. The topological polar surface area (TPSA) is 50.5 Å². The number of fused-ring (bicyclic) bond motifs is 1. The summed E-state index contributed by atoms with van der Waals surface area (Å²) in [7, 11) is -3.64. The molecule has 0 N–H and O–H groups in total. The molecule has 20 heavy (non-hydrogen) atoms. The fourth-order valence-corrected chi connectivity index (χ4v) is 4.91. The van der Waals surface area contributed by atoms with Gasteiger partial charge in [0.2, 0.25) is 0 Å². The zero-order valence-electron chi connectivity index (χ0n) is 10.3. The molecule has 0 saturated carbocycles. The number of para-hydroxylation sites is 1. The van der Waals surface area contributed by atoms with Gasteiger partial charge in [-0.05, 0) is 34.0 Å². The maximum atomic E-state index is 12.7. The molecule has 2 heterocycles. The van der Waals surface area contributed by atoms with Gasteiger partial charge < -0.3 is 4.42 Å². The smallest absolute Gasteiger partial charge is 0.268 e. The molecule has 1 aromatic carbocycles. The molecule has 1 aliphatic rings. The first-order chi connectivity index (χ1) is 9.54. The molecule has 4 nitrogen and oxygen atoms in total. The largest absolute Gasteiger partial charge is 0.452 e. The maximum Gasteiger partial charge on any atom is 0.268 e. The van der Waals surface area contributed by atoms with Gasteiger partial charge >= 0.3 is 0 Å². The summed E-state index contributed by atoms with van der Waals surface area (Å²) < 4.78 is 32.4. The van der Waals surface area contributed by atoms with Crippen molar-refractivity contribution in [1.29, 1.82) is 0 Å². The minimum Gasteiger partial charge on any atom is -0.452 e. The third-order valence-electron chi connectivity index (χ3n) is 3.25. The fraction of sp³-hybridized carbons (Fsp3) is 0.231. The van der Waals surface area contributed by atoms with E-state index in [0.717, 1.165) is 11.3 Å². The number of rotatable bonds is 3. The molecule has 106 valence electrons. The molecular weight excluding hydrogens is 366 g/mol.